The number of hydrogen-bond acceptors (Lipinski definition) is 4. The van der Waals surface area contributed by atoms with Crippen molar-refractivity contribution in [2.24, 2.45) is 5.73 Å². The second kappa shape index (κ2) is 7.28. The van der Waals surface area contributed by atoms with Gasteiger partial charge in [0.1, 0.15) is 10.6 Å². The number of nitrogens with one attached hydrogen (secondary N) is 1. The Labute approximate surface area is 139 Å². The van der Waals surface area contributed by atoms with Crippen LogP contribution in [0, 0.1) is 0 Å². The molecule has 24 heavy (non-hydrogen) atoms. The maximum atomic E-state index is 12.4. The molecule has 0 bridgehead atoms. The first-order chi connectivity index (χ1) is 11.1. The summed E-state index contributed by atoms with van der Waals surface area (Å²) in [6.07, 6.45) is 0.300. The quantitative estimate of drug-likeness (QED) is 0.785. The second-order valence-corrected chi connectivity index (χ2v) is 7.83. The highest BCUT2D eigenvalue weighted by Crippen LogP contribution is 2.30. The standard InChI is InChI=1S/C15H21F3N2O3S/c16-15(17,18)23-12-7-3-4-8-13(12)24(21,22)20-11-14(19)9-5-1-2-6-10-14/h3-4,7-8,20H,1-2,5-6,9-11,19H2. The minimum Gasteiger partial charge on any atom is -0.404 e. The predicted octanol–water partition coefficient (Wildman–Crippen LogP) is 2.92. The van der Waals surface area contributed by atoms with Gasteiger partial charge in [-0.05, 0) is 25.0 Å². The van der Waals surface area contributed by atoms with E-state index in [4.69, 9.17) is 5.73 Å². The number of rotatable bonds is 5. The van der Waals surface area contributed by atoms with E-state index in [0.717, 1.165) is 37.8 Å². The molecule has 1 aliphatic rings. The zero-order valence-corrected chi connectivity index (χ0v) is 13.9. The molecule has 1 aromatic rings. The molecule has 3 N–H and O–H groups in total. The summed E-state index contributed by atoms with van der Waals surface area (Å²) in [6, 6.07) is 4.64. The molecular weight excluding hydrogens is 345 g/mol. The second-order valence-electron chi connectivity index (χ2n) is 6.10. The summed E-state index contributed by atoms with van der Waals surface area (Å²) in [5.74, 6) is -0.760. The summed E-state index contributed by atoms with van der Waals surface area (Å²) >= 11 is 0. The largest absolute Gasteiger partial charge is 0.573 e. The molecule has 0 aromatic heterocycles. The number of halogens is 3. The average molecular weight is 366 g/mol. The Morgan fingerprint density at radius 3 is 2.29 bits per heavy atom. The molecule has 2 rings (SSSR count). The monoisotopic (exact) mass is 366 g/mol. The molecule has 0 heterocycles. The van der Waals surface area contributed by atoms with E-state index < -0.39 is 32.6 Å². The van der Waals surface area contributed by atoms with Crippen molar-refractivity contribution in [2.45, 2.75) is 55.3 Å². The molecule has 0 atom stereocenters. The van der Waals surface area contributed by atoms with Gasteiger partial charge in [-0.2, -0.15) is 0 Å². The van der Waals surface area contributed by atoms with Crippen molar-refractivity contribution in [1.82, 2.24) is 4.72 Å². The van der Waals surface area contributed by atoms with Crippen molar-refractivity contribution in [3.63, 3.8) is 0 Å². The first-order valence-electron chi connectivity index (χ1n) is 7.75. The normalized spacial score (nSPS) is 18.8. The van der Waals surface area contributed by atoms with Crippen LogP contribution in [-0.4, -0.2) is 26.9 Å². The molecule has 1 fully saturated rings. The summed E-state index contributed by atoms with van der Waals surface area (Å²) in [6.45, 7) is -0.0182. The lowest BCUT2D eigenvalue weighted by Crippen LogP contribution is -2.49. The van der Waals surface area contributed by atoms with Gasteiger partial charge in [0.2, 0.25) is 10.0 Å². The molecule has 0 amide bonds. The minimum atomic E-state index is -4.97. The van der Waals surface area contributed by atoms with Gasteiger partial charge in [0.05, 0.1) is 0 Å². The van der Waals surface area contributed by atoms with Gasteiger partial charge >= 0.3 is 6.36 Å². The molecule has 1 aromatic carbocycles. The Hall–Kier alpha value is -1.32. The number of alkyl halides is 3. The zero-order valence-electron chi connectivity index (χ0n) is 13.1. The average Bonchev–Trinajstić information content (AvgIpc) is 2.70. The third-order valence-electron chi connectivity index (χ3n) is 4.08. The van der Waals surface area contributed by atoms with E-state index in [2.05, 4.69) is 9.46 Å². The van der Waals surface area contributed by atoms with Gasteiger partial charge in [0.15, 0.2) is 0 Å². The fourth-order valence-electron chi connectivity index (χ4n) is 2.81. The van der Waals surface area contributed by atoms with Crippen molar-refractivity contribution in [1.29, 1.82) is 0 Å². The van der Waals surface area contributed by atoms with E-state index in [9.17, 15) is 21.6 Å². The van der Waals surface area contributed by atoms with E-state index in [1.807, 2.05) is 0 Å². The van der Waals surface area contributed by atoms with Crippen LogP contribution in [0.2, 0.25) is 0 Å². The van der Waals surface area contributed by atoms with Gasteiger partial charge in [0.25, 0.3) is 0 Å². The molecule has 0 unspecified atom stereocenters. The first kappa shape index (κ1) is 19.0. The maximum absolute atomic E-state index is 12.4. The van der Waals surface area contributed by atoms with Crippen LogP contribution in [0.4, 0.5) is 13.2 Å². The van der Waals surface area contributed by atoms with Crippen molar-refractivity contribution in [3.05, 3.63) is 24.3 Å². The third-order valence-corrected chi connectivity index (χ3v) is 5.52. The topological polar surface area (TPSA) is 81.4 Å². The summed E-state index contributed by atoms with van der Waals surface area (Å²) in [7, 11) is -4.17. The number of para-hydroxylation sites is 1. The fourth-order valence-corrected chi connectivity index (χ4v) is 4.07. The number of hydrogen-bond donors (Lipinski definition) is 2. The van der Waals surface area contributed by atoms with Crippen molar-refractivity contribution in [3.8, 4) is 5.75 Å². The SMILES string of the molecule is NC1(CNS(=O)(=O)c2ccccc2OC(F)(F)F)CCCCCC1. The molecular formula is C15H21F3N2O3S. The maximum Gasteiger partial charge on any atom is 0.573 e. The highest BCUT2D eigenvalue weighted by atomic mass is 32.2. The van der Waals surface area contributed by atoms with E-state index in [1.165, 1.54) is 12.1 Å². The van der Waals surface area contributed by atoms with Crippen LogP contribution in [0.15, 0.2) is 29.2 Å². The lowest BCUT2D eigenvalue weighted by atomic mass is 9.92. The molecule has 136 valence electrons. The fraction of sp³-hybridized carbons (Fsp3) is 0.600. The van der Waals surface area contributed by atoms with Gasteiger partial charge in [0, 0.05) is 12.1 Å². The molecule has 5 nitrogen and oxygen atoms in total. The van der Waals surface area contributed by atoms with Crippen LogP contribution < -0.4 is 15.2 Å². The molecule has 0 radical (unpaired) electrons. The van der Waals surface area contributed by atoms with Crippen molar-refractivity contribution in [2.75, 3.05) is 6.54 Å². The minimum absolute atomic E-state index is 0.0182. The van der Waals surface area contributed by atoms with Crippen molar-refractivity contribution >= 4 is 10.0 Å². The number of benzene rings is 1. The summed E-state index contributed by atoms with van der Waals surface area (Å²) in [5.41, 5.74) is 5.57. The number of ether oxygens (including phenoxy) is 1. The van der Waals surface area contributed by atoms with E-state index in [1.54, 1.807) is 0 Å². The molecule has 1 saturated carbocycles. The summed E-state index contributed by atoms with van der Waals surface area (Å²) in [4.78, 5) is -0.556. The van der Waals surface area contributed by atoms with Crippen molar-refractivity contribution < 1.29 is 26.3 Å². The van der Waals surface area contributed by atoms with E-state index >= 15 is 0 Å². The Bertz CT molecular complexity index is 654. The van der Waals surface area contributed by atoms with Gasteiger partial charge in [-0.25, -0.2) is 13.1 Å². The van der Waals surface area contributed by atoms with Crippen LogP contribution in [0.3, 0.4) is 0 Å². The van der Waals surface area contributed by atoms with E-state index in [-0.39, 0.29) is 6.54 Å². The molecule has 0 spiro atoms. The van der Waals surface area contributed by atoms with Crippen LogP contribution in [0.25, 0.3) is 0 Å². The third kappa shape index (κ3) is 5.35. The Balaban J connectivity index is 2.15. The predicted molar refractivity (Wildman–Crippen MR) is 82.9 cm³/mol. The lowest BCUT2D eigenvalue weighted by Gasteiger charge is -2.28. The molecule has 1 aliphatic carbocycles. The Morgan fingerprint density at radius 1 is 1.12 bits per heavy atom. The van der Waals surface area contributed by atoms with Crippen LogP contribution in [0.5, 0.6) is 5.75 Å². The number of nitrogens with two attached hydrogens (primary N) is 1. The molecule has 0 aliphatic heterocycles. The summed E-state index contributed by atoms with van der Waals surface area (Å²) in [5, 5.41) is 0. The lowest BCUT2D eigenvalue weighted by molar-refractivity contribution is -0.275. The van der Waals surface area contributed by atoms with Crippen LogP contribution in [0.1, 0.15) is 38.5 Å². The zero-order chi connectivity index (χ0) is 17.8. The molecule has 0 saturated heterocycles. The molecule has 9 heteroatoms. The van der Waals surface area contributed by atoms with E-state index in [0.29, 0.717) is 12.8 Å². The van der Waals surface area contributed by atoms with Gasteiger partial charge < -0.3 is 10.5 Å². The van der Waals surface area contributed by atoms with Crippen LogP contribution >= 0.6 is 0 Å². The van der Waals surface area contributed by atoms with Gasteiger partial charge in [-0.3, -0.25) is 0 Å². The Kier molecular flexibility index (Phi) is 5.77. The Morgan fingerprint density at radius 2 is 1.71 bits per heavy atom. The van der Waals surface area contributed by atoms with Gasteiger partial charge in [-0.1, -0.05) is 37.8 Å². The summed E-state index contributed by atoms with van der Waals surface area (Å²) < 4.78 is 68.2. The highest BCUT2D eigenvalue weighted by Gasteiger charge is 2.35. The highest BCUT2D eigenvalue weighted by molar-refractivity contribution is 7.89. The van der Waals surface area contributed by atoms with Gasteiger partial charge in [-0.15, -0.1) is 13.2 Å². The smallest absolute Gasteiger partial charge is 0.404 e. The number of sulfonamides is 1. The van der Waals surface area contributed by atoms with Crippen LogP contribution in [-0.2, 0) is 10.0 Å². The first-order valence-corrected chi connectivity index (χ1v) is 9.23.